The Morgan fingerprint density at radius 1 is 1.14 bits per heavy atom. The molecule has 4 rings (SSSR count). The predicted molar refractivity (Wildman–Crippen MR) is 120 cm³/mol. The highest BCUT2D eigenvalue weighted by atomic mass is 32.2. The van der Waals surface area contributed by atoms with Crippen LogP contribution in [0, 0.1) is 6.92 Å². The summed E-state index contributed by atoms with van der Waals surface area (Å²) in [5, 5.41) is 10.6. The number of morpholine rings is 1. The monoisotopic (exact) mass is 526 g/mol. The normalized spacial score (nSPS) is 14.7. The summed E-state index contributed by atoms with van der Waals surface area (Å²) in [5.74, 6) is -0.765. The summed E-state index contributed by atoms with van der Waals surface area (Å²) in [7, 11) is -5.57. The van der Waals surface area contributed by atoms with Crippen molar-refractivity contribution in [3.63, 3.8) is 0 Å². The molecule has 2 aromatic heterocycles. The standard InChI is InChI=1S/C22H21F3N4O6S/c1-14-19(30)29(16-2-4-17(5-3-16)36(33,34)22(23,24)25)21(32)28(14)13-15-6-7-26-12-18(15)20(31)27-8-10-35-11-9-27/h2-7,12,30H,8-11,13H2,1H3. The number of alkyl halides is 3. The van der Waals surface area contributed by atoms with Gasteiger partial charge in [-0.15, -0.1) is 0 Å². The number of sulfone groups is 1. The third-order valence-corrected chi connectivity index (χ3v) is 7.34. The number of nitrogens with zero attached hydrogens (tertiary/aromatic N) is 4. The fourth-order valence-corrected chi connectivity index (χ4v) is 4.59. The molecule has 1 fully saturated rings. The molecule has 0 atom stereocenters. The molecule has 3 aromatic rings. The van der Waals surface area contributed by atoms with Crippen LogP contribution in [0.4, 0.5) is 13.2 Å². The molecule has 0 unspecified atom stereocenters. The molecule has 1 aromatic carbocycles. The van der Waals surface area contributed by atoms with Gasteiger partial charge in [0, 0.05) is 25.5 Å². The zero-order chi connectivity index (χ0) is 26.3. The maximum Gasteiger partial charge on any atom is 0.501 e. The van der Waals surface area contributed by atoms with Gasteiger partial charge in [-0.1, -0.05) is 0 Å². The Kier molecular flexibility index (Phi) is 6.66. The van der Waals surface area contributed by atoms with E-state index in [1.165, 1.54) is 23.9 Å². The van der Waals surface area contributed by atoms with Crippen LogP contribution < -0.4 is 5.69 Å². The van der Waals surface area contributed by atoms with Gasteiger partial charge in [-0.05, 0) is 42.8 Å². The summed E-state index contributed by atoms with van der Waals surface area (Å²) >= 11 is 0. The molecule has 3 heterocycles. The number of carbonyl (C=O) groups is 1. The minimum Gasteiger partial charge on any atom is -0.493 e. The average molecular weight is 526 g/mol. The molecular weight excluding hydrogens is 505 g/mol. The smallest absolute Gasteiger partial charge is 0.493 e. The number of rotatable bonds is 5. The van der Waals surface area contributed by atoms with E-state index in [2.05, 4.69) is 4.98 Å². The molecule has 0 radical (unpaired) electrons. The fourth-order valence-electron chi connectivity index (χ4n) is 3.83. The Morgan fingerprint density at radius 2 is 1.78 bits per heavy atom. The van der Waals surface area contributed by atoms with E-state index in [4.69, 9.17) is 4.74 Å². The Bertz CT molecular complexity index is 1460. The van der Waals surface area contributed by atoms with Crippen molar-refractivity contribution in [1.82, 2.24) is 19.0 Å². The van der Waals surface area contributed by atoms with Gasteiger partial charge >= 0.3 is 11.2 Å². The molecule has 0 bridgehead atoms. The maximum absolute atomic E-state index is 13.2. The van der Waals surface area contributed by atoms with Gasteiger partial charge in [-0.3, -0.25) is 14.3 Å². The van der Waals surface area contributed by atoms with Crippen LogP contribution in [0.5, 0.6) is 5.88 Å². The molecule has 1 N–H and O–H groups in total. The third kappa shape index (κ3) is 4.48. The minimum absolute atomic E-state index is 0.0418. The van der Waals surface area contributed by atoms with Crippen LogP contribution in [-0.4, -0.2) is 70.3 Å². The summed E-state index contributed by atoms with van der Waals surface area (Å²) in [5.41, 5.74) is -5.38. The third-order valence-electron chi connectivity index (χ3n) is 5.84. The quantitative estimate of drug-likeness (QED) is 0.538. The summed E-state index contributed by atoms with van der Waals surface area (Å²) in [4.78, 5) is 30.8. The lowest BCUT2D eigenvalue weighted by Gasteiger charge is -2.27. The van der Waals surface area contributed by atoms with Crippen molar-refractivity contribution in [2.45, 2.75) is 23.9 Å². The number of aromatic hydroxyl groups is 1. The minimum atomic E-state index is -5.57. The van der Waals surface area contributed by atoms with Crippen molar-refractivity contribution < 1.29 is 36.2 Å². The van der Waals surface area contributed by atoms with Crippen molar-refractivity contribution in [2.24, 2.45) is 0 Å². The zero-order valence-electron chi connectivity index (χ0n) is 18.9. The van der Waals surface area contributed by atoms with Gasteiger partial charge in [0.25, 0.3) is 15.7 Å². The Morgan fingerprint density at radius 3 is 2.39 bits per heavy atom. The molecule has 1 amide bonds. The van der Waals surface area contributed by atoms with Crippen LogP contribution in [0.25, 0.3) is 5.69 Å². The van der Waals surface area contributed by atoms with Crippen molar-refractivity contribution in [3.8, 4) is 11.6 Å². The van der Waals surface area contributed by atoms with Crippen molar-refractivity contribution in [2.75, 3.05) is 26.3 Å². The largest absolute Gasteiger partial charge is 0.501 e. The second-order valence-corrected chi connectivity index (χ2v) is 9.93. The number of amides is 1. The van der Waals surface area contributed by atoms with E-state index in [-0.39, 0.29) is 29.4 Å². The molecule has 10 nitrogen and oxygen atoms in total. The SMILES string of the molecule is Cc1c(O)n(-c2ccc(S(=O)(=O)C(F)(F)F)cc2)c(=O)n1Cc1ccncc1C(=O)N1CCOCC1. The molecule has 14 heteroatoms. The zero-order valence-corrected chi connectivity index (χ0v) is 19.7. The van der Waals surface area contributed by atoms with E-state index in [0.29, 0.717) is 44.0 Å². The number of imidazole rings is 1. The van der Waals surface area contributed by atoms with Crippen LogP contribution in [0.3, 0.4) is 0 Å². The van der Waals surface area contributed by atoms with Gasteiger partial charge in [0.2, 0.25) is 5.88 Å². The highest BCUT2D eigenvalue weighted by Crippen LogP contribution is 2.31. The van der Waals surface area contributed by atoms with Crippen LogP contribution >= 0.6 is 0 Å². The second kappa shape index (κ2) is 9.43. The van der Waals surface area contributed by atoms with Gasteiger partial charge < -0.3 is 14.7 Å². The highest BCUT2D eigenvalue weighted by Gasteiger charge is 2.46. The molecule has 0 spiro atoms. The molecule has 1 aliphatic rings. The topological polar surface area (TPSA) is 124 Å². The Labute approximate surface area is 203 Å². The van der Waals surface area contributed by atoms with Crippen molar-refractivity contribution in [1.29, 1.82) is 0 Å². The first-order valence-corrected chi connectivity index (χ1v) is 12.1. The molecule has 1 aliphatic heterocycles. The van der Waals surface area contributed by atoms with Gasteiger partial charge in [0.05, 0.1) is 41.6 Å². The van der Waals surface area contributed by atoms with E-state index in [0.717, 1.165) is 16.7 Å². The van der Waals surface area contributed by atoms with E-state index in [9.17, 15) is 36.3 Å². The summed E-state index contributed by atoms with van der Waals surface area (Å²) in [6, 6.07) is 4.97. The first kappa shape index (κ1) is 25.4. The number of carbonyl (C=O) groups excluding carboxylic acids is 1. The number of benzene rings is 1. The van der Waals surface area contributed by atoms with Gasteiger partial charge in [0.15, 0.2) is 0 Å². The highest BCUT2D eigenvalue weighted by molar-refractivity contribution is 7.92. The number of hydrogen-bond donors (Lipinski definition) is 1. The predicted octanol–water partition coefficient (Wildman–Crippen LogP) is 1.86. The number of ether oxygens (including phenoxy) is 1. The maximum atomic E-state index is 13.2. The fraction of sp³-hybridized carbons (Fsp3) is 0.318. The summed E-state index contributed by atoms with van der Waals surface area (Å²) in [6.07, 6.45) is 2.85. The Hall–Kier alpha value is -3.65. The van der Waals surface area contributed by atoms with Gasteiger partial charge in [0.1, 0.15) is 0 Å². The number of halogens is 3. The molecule has 192 valence electrons. The van der Waals surface area contributed by atoms with Gasteiger partial charge in [-0.25, -0.2) is 17.8 Å². The van der Waals surface area contributed by atoms with Gasteiger partial charge in [-0.2, -0.15) is 13.2 Å². The van der Waals surface area contributed by atoms with Crippen LogP contribution in [0.1, 0.15) is 21.6 Å². The van der Waals surface area contributed by atoms with Crippen LogP contribution in [0.2, 0.25) is 0 Å². The average Bonchev–Trinajstić information content (AvgIpc) is 3.07. The number of aromatic nitrogens is 3. The molecule has 0 aliphatic carbocycles. The first-order valence-electron chi connectivity index (χ1n) is 10.7. The van der Waals surface area contributed by atoms with Crippen molar-refractivity contribution in [3.05, 3.63) is 70.0 Å². The van der Waals surface area contributed by atoms with Crippen LogP contribution in [-0.2, 0) is 21.1 Å². The summed E-state index contributed by atoms with van der Waals surface area (Å²) < 4.78 is 69.0. The van der Waals surface area contributed by atoms with E-state index in [1.807, 2.05) is 0 Å². The Balaban J connectivity index is 1.69. The van der Waals surface area contributed by atoms with E-state index in [1.54, 1.807) is 11.0 Å². The number of pyridine rings is 1. The molecule has 1 saturated heterocycles. The second-order valence-electron chi connectivity index (χ2n) is 7.99. The lowest BCUT2D eigenvalue weighted by atomic mass is 10.1. The molecular formula is C22H21F3N4O6S. The lowest BCUT2D eigenvalue weighted by Crippen LogP contribution is -2.41. The van der Waals surface area contributed by atoms with Crippen molar-refractivity contribution >= 4 is 15.7 Å². The van der Waals surface area contributed by atoms with E-state index < -0.39 is 31.8 Å². The van der Waals surface area contributed by atoms with E-state index >= 15 is 0 Å². The molecule has 36 heavy (non-hydrogen) atoms. The number of hydrogen-bond acceptors (Lipinski definition) is 7. The summed E-state index contributed by atoms with van der Waals surface area (Å²) in [6.45, 7) is 2.98. The first-order chi connectivity index (χ1) is 16.9. The van der Waals surface area contributed by atoms with Crippen LogP contribution in [0.15, 0.2) is 52.4 Å². The molecule has 0 saturated carbocycles. The lowest BCUT2D eigenvalue weighted by molar-refractivity contribution is -0.0436.